The molecular formula is C20H23ClN2O5S. The largest absolute Gasteiger partial charge is 0.462 e. The number of aryl methyl sites for hydroxylation is 2. The second-order valence-corrected chi connectivity index (χ2v) is 8.82. The first-order valence-corrected chi connectivity index (χ1v) is 11.1. The number of rotatable bonds is 7. The minimum atomic E-state index is -3.69. The van der Waals surface area contributed by atoms with E-state index in [1.165, 1.54) is 18.2 Å². The molecule has 0 fully saturated rings. The molecule has 0 unspecified atom stereocenters. The molecule has 1 N–H and O–H groups in total. The molecule has 0 saturated carbocycles. The zero-order chi connectivity index (χ0) is 21.8. The molecule has 0 atom stereocenters. The first kappa shape index (κ1) is 22.7. The summed E-state index contributed by atoms with van der Waals surface area (Å²) in [5, 5.41) is 2.78. The Labute approximate surface area is 175 Å². The second kappa shape index (κ2) is 9.28. The summed E-state index contributed by atoms with van der Waals surface area (Å²) in [4.78, 5) is 24.5. The van der Waals surface area contributed by atoms with E-state index in [1.807, 2.05) is 13.8 Å². The van der Waals surface area contributed by atoms with Gasteiger partial charge in [0.1, 0.15) is 6.54 Å². The maximum atomic E-state index is 12.5. The molecule has 2 aromatic carbocycles. The lowest BCUT2D eigenvalue weighted by molar-refractivity contribution is -0.114. The Morgan fingerprint density at radius 2 is 1.79 bits per heavy atom. The Bertz CT molecular complexity index is 1040. The molecule has 0 aliphatic rings. The van der Waals surface area contributed by atoms with Gasteiger partial charge >= 0.3 is 5.97 Å². The molecule has 0 saturated heterocycles. The fraction of sp³-hybridized carbons (Fsp3) is 0.300. The third-order valence-corrected chi connectivity index (χ3v) is 5.68. The van der Waals surface area contributed by atoms with Crippen molar-refractivity contribution < 1.29 is 22.7 Å². The van der Waals surface area contributed by atoms with Gasteiger partial charge in [-0.25, -0.2) is 13.2 Å². The van der Waals surface area contributed by atoms with Crippen LogP contribution in [0.15, 0.2) is 36.4 Å². The molecule has 0 radical (unpaired) electrons. The van der Waals surface area contributed by atoms with Crippen molar-refractivity contribution in [1.29, 1.82) is 0 Å². The van der Waals surface area contributed by atoms with Crippen LogP contribution in [0.5, 0.6) is 0 Å². The van der Waals surface area contributed by atoms with Crippen molar-refractivity contribution >= 4 is 44.9 Å². The molecule has 0 spiro atoms. The highest BCUT2D eigenvalue weighted by molar-refractivity contribution is 7.92. The van der Waals surface area contributed by atoms with Gasteiger partial charge in [0.25, 0.3) is 0 Å². The van der Waals surface area contributed by atoms with Crippen LogP contribution < -0.4 is 9.62 Å². The fourth-order valence-corrected chi connectivity index (χ4v) is 3.62. The number of ether oxygens (including phenoxy) is 1. The molecule has 156 valence electrons. The second-order valence-electron chi connectivity index (χ2n) is 6.50. The Balaban J connectivity index is 2.24. The first-order valence-electron chi connectivity index (χ1n) is 8.84. The third kappa shape index (κ3) is 5.95. The lowest BCUT2D eigenvalue weighted by Gasteiger charge is -2.22. The van der Waals surface area contributed by atoms with E-state index in [9.17, 15) is 18.0 Å². The Hall–Kier alpha value is -2.58. The molecule has 9 heteroatoms. The van der Waals surface area contributed by atoms with Crippen LogP contribution in [-0.4, -0.2) is 39.7 Å². The predicted molar refractivity (Wildman–Crippen MR) is 114 cm³/mol. The van der Waals surface area contributed by atoms with Gasteiger partial charge in [-0.1, -0.05) is 17.7 Å². The lowest BCUT2D eigenvalue weighted by atomic mass is 10.1. The van der Waals surface area contributed by atoms with E-state index in [0.29, 0.717) is 11.4 Å². The van der Waals surface area contributed by atoms with E-state index in [0.717, 1.165) is 21.7 Å². The van der Waals surface area contributed by atoms with Crippen LogP contribution >= 0.6 is 11.6 Å². The number of amides is 1. The number of carbonyl (C=O) groups excluding carboxylic acids is 2. The monoisotopic (exact) mass is 438 g/mol. The summed E-state index contributed by atoms with van der Waals surface area (Å²) < 4.78 is 30.4. The maximum absolute atomic E-state index is 12.5. The Morgan fingerprint density at radius 3 is 2.38 bits per heavy atom. The first-order chi connectivity index (χ1) is 13.5. The van der Waals surface area contributed by atoms with Gasteiger partial charge < -0.3 is 10.1 Å². The van der Waals surface area contributed by atoms with Crippen LogP contribution in [0.25, 0.3) is 0 Å². The third-order valence-electron chi connectivity index (χ3n) is 4.21. The zero-order valence-corrected chi connectivity index (χ0v) is 18.2. The van der Waals surface area contributed by atoms with Crippen LogP contribution in [0.3, 0.4) is 0 Å². The van der Waals surface area contributed by atoms with Gasteiger partial charge in [-0.15, -0.1) is 0 Å². The van der Waals surface area contributed by atoms with Gasteiger partial charge in [0.15, 0.2) is 0 Å². The molecule has 0 aliphatic carbocycles. The average molecular weight is 439 g/mol. The fourth-order valence-electron chi connectivity index (χ4n) is 2.58. The van der Waals surface area contributed by atoms with Crippen molar-refractivity contribution in [3.63, 3.8) is 0 Å². The highest BCUT2D eigenvalue weighted by Crippen LogP contribution is 2.23. The van der Waals surface area contributed by atoms with Crippen molar-refractivity contribution in [2.45, 2.75) is 20.8 Å². The summed E-state index contributed by atoms with van der Waals surface area (Å²) >= 11 is 6.01. The van der Waals surface area contributed by atoms with Gasteiger partial charge in [0.05, 0.1) is 29.1 Å². The van der Waals surface area contributed by atoms with Crippen molar-refractivity contribution in [2.24, 2.45) is 0 Å². The topological polar surface area (TPSA) is 92.8 Å². The molecule has 2 aromatic rings. The summed E-state index contributed by atoms with van der Waals surface area (Å²) in [6.07, 6.45) is 1.04. The molecule has 0 aliphatic heterocycles. The number of sulfonamides is 1. The van der Waals surface area contributed by atoms with E-state index in [1.54, 1.807) is 25.1 Å². The van der Waals surface area contributed by atoms with Crippen LogP contribution in [0.2, 0.25) is 5.02 Å². The molecule has 0 heterocycles. The van der Waals surface area contributed by atoms with Gasteiger partial charge in [-0.2, -0.15) is 0 Å². The summed E-state index contributed by atoms with van der Waals surface area (Å²) in [7, 11) is -3.69. The van der Waals surface area contributed by atoms with Crippen LogP contribution in [0, 0.1) is 13.8 Å². The normalized spacial score (nSPS) is 11.1. The number of nitrogens with one attached hydrogen (secondary N) is 1. The Kier molecular flexibility index (Phi) is 7.26. The smallest absolute Gasteiger partial charge is 0.339 e. The maximum Gasteiger partial charge on any atom is 0.339 e. The quantitative estimate of drug-likeness (QED) is 0.667. The van der Waals surface area contributed by atoms with Gasteiger partial charge in [0.2, 0.25) is 15.9 Å². The highest BCUT2D eigenvalue weighted by atomic mass is 35.5. The van der Waals surface area contributed by atoms with Gasteiger partial charge in [0, 0.05) is 5.69 Å². The number of nitrogens with zero attached hydrogens (tertiary/aromatic N) is 1. The molecule has 2 rings (SSSR count). The molecule has 7 nitrogen and oxygen atoms in total. The van der Waals surface area contributed by atoms with E-state index >= 15 is 0 Å². The highest BCUT2D eigenvalue weighted by Gasteiger charge is 2.22. The molecule has 0 aromatic heterocycles. The number of carbonyl (C=O) groups is 2. The zero-order valence-electron chi connectivity index (χ0n) is 16.7. The average Bonchev–Trinajstić information content (AvgIpc) is 2.63. The molecule has 0 bridgehead atoms. The van der Waals surface area contributed by atoms with Crippen LogP contribution in [-0.2, 0) is 19.6 Å². The van der Waals surface area contributed by atoms with E-state index < -0.39 is 28.4 Å². The van der Waals surface area contributed by atoms with Crippen molar-refractivity contribution in [1.82, 2.24) is 0 Å². The SMILES string of the molecule is CCOC(=O)c1cc(NC(=O)CN(c2ccc(C)c(C)c2)S(C)(=O)=O)ccc1Cl. The summed E-state index contributed by atoms with van der Waals surface area (Å²) in [6, 6.07) is 9.53. The number of benzene rings is 2. The van der Waals surface area contributed by atoms with Crippen LogP contribution in [0.1, 0.15) is 28.4 Å². The van der Waals surface area contributed by atoms with Crippen molar-refractivity contribution in [3.05, 3.63) is 58.1 Å². The van der Waals surface area contributed by atoms with E-state index in [2.05, 4.69) is 5.32 Å². The van der Waals surface area contributed by atoms with Crippen molar-refractivity contribution in [3.8, 4) is 0 Å². The number of hydrogen-bond acceptors (Lipinski definition) is 5. The predicted octanol–water partition coefficient (Wildman–Crippen LogP) is 3.54. The van der Waals surface area contributed by atoms with E-state index in [-0.39, 0.29) is 17.2 Å². The minimum absolute atomic E-state index is 0.112. The van der Waals surface area contributed by atoms with E-state index in [4.69, 9.17) is 16.3 Å². The standard InChI is InChI=1S/C20H23ClN2O5S/c1-5-28-20(25)17-11-15(7-9-18(17)21)22-19(24)12-23(29(4,26)27)16-8-6-13(2)14(3)10-16/h6-11H,5,12H2,1-4H3,(H,22,24). The lowest BCUT2D eigenvalue weighted by Crippen LogP contribution is -2.37. The summed E-state index contributed by atoms with van der Waals surface area (Å²) in [5.41, 5.74) is 2.73. The Morgan fingerprint density at radius 1 is 1.10 bits per heavy atom. The number of halogens is 1. The summed E-state index contributed by atoms with van der Waals surface area (Å²) in [5.74, 6) is -1.17. The number of hydrogen-bond donors (Lipinski definition) is 1. The van der Waals surface area contributed by atoms with Crippen LogP contribution in [0.4, 0.5) is 11.4 Å². The van der Waals surface area contributed by atoms with Gasteiger partial charge in [-0.05, 0) is 62.2 Å². The summed E-state index contributed by atoms with van der Waals surface area (Å²) in [6.45, 7) is 5.22. The number of anilines is 2. The van der Waals surface area contributed by atoms with Crippen molar-refractivity contribution in [2.75, 3.05) is 29.0 Å². The minimum Gasteiger partial charge on any atom is -0.462 e. The number of esters is 1. The molecule has 29 heavy (non-hydrogen) atoms. The van der Waals surface area contributed by atoms with Gasteiger partial charge in [-0.3, -0.25) is 9.10 Å². The molecule has 1 amide bonds. The molecular weight excluding hydrogens is 416 g/mol.